The lowest BCUT2D eigenvalue weighted by Crippen LogP contribution is -2.13. The van der Waals surface area contributed by atoms with Crippen LogP contribution in [-0.2, 0) is 0 Å². The zero-order valence-corrected chi connectivity index (χ0v) is 14.2. The second-order valence-corrected chi connectivity index (χ2v) is 6.73. The van der Waals surface area contributed by atoms with Gasteiger partial charge in [0.05, 0.1) is 13.2 Å². The largest absolute Gasteiger partial charge is 0.658 e. The van der Waals surface area contributed by atoms with Gasteiger partial charge in [0.15, 0.2) is 11.5 Å². The molecule has 0 heterocycles. The third-order valence-corrected chi connectivity index (χ3v) is 4.39. The molecule has 5 heteroatoms. The van der Waals surface area contributed by atoms with E-state index in [1.807, 2.05) is 48.5 Å². The van der Waals surface area contributed by atoms with Crippen molar-refractivity contribution in [3.8, 4) is 23.0 Å². The number of rotatable bonds is 10. The molecule has 2 aliphatic rings. The van der Waals surface area contributed by atoms with Crippen LogP contribution >= 0.6 is 0 Å². The van der Waals surface area contributed by atoms with Crippen molar-refractivity contribution in [3.05, 3.63) is 48.5 Å². The maximum Gasteiger partial charge on any atom is 0.658 e. The van der Waals surface area contributed by atoms with Crippen molar-refractivity contribution in [2.24, 2.45) is 11.8 Å². The lowest BCUT2D eigenvalue weighted by molar-refractivity contribution is 0.284. The first-order chi connectivity index (χ1) is 12.4. The Morgan fingerprint density at radius 3 is 1.44 bits per heavy atom. The Labute approximate surface area is 149 Å². The maximum absolute atomic E-state index is 5.83. The van der Waals surface area contributed by atoms with Crippen molar-refractivity contribution in [2.75, 3.05) is 13.2 Å². The van der Waals surface area contributed by atoms with Crippen LogP contribution in [0.4, 0.5) is 0 Å². The van der Waals surface area contributed by atoms with Crippen molar-refractivity contribution < 1.29 is 18.8 Å². The Morgan fingerprint density at radius 2 is 1.04 bits per heavy atom. The zero-order chi connectivity index (χ0) is 16.9. The lowest BCUT2D eigenvalue weighted by Gasteiger charge is -2.14. The number of hydrogen-bond acceptors (Lipinski definition) is 4. The Balaban J connectivity index is 1.31. The predicted molar refractivity (Wildman–Crippen MR) is 96.3 cm³/mol. The normalized spacial score (nSPS) is 16.2. The number of hydrogen-bond donors (Lipinski definition) is 0. The van der Waals surface area contributed by atoms with Gasteiger partial charge in [0.1, 0.15) is 11.5 Å². The van der Waals surface area contributed by atoms with Crippen LogP contribution in [0.15, 0.2) is 48.5 Å². The third-order valence-electron chi connectivity index (χ3n) is 4.39. The van der Waals surface area contributed by atoms with Crippen LogP contribution in [0.1, 0.15) is 25.7 Å². The van der Waals surface area contributed by atoms with Gasteiger partial charge in [-0.3, -0.25) is 0 Å². The van der Waals surface area contributed by atoms with E-state index >= 15 is 0 Å². The minimum atomic E-state index is 0.652. The van der Waals surface area contributed by atoms with E-state index in [-0.39, 0.29) is 0 Å². The summed E-state index contributed by atoms with van der Waals surface area (Å²) in [5.41, 5.74) is 0. The fourth-order valence-corrected chi connectivity index (χ4v) is 2.45. The fraction of sp³-hybridized carbons (Fsp3) is 0.400. The van der Waals surface area contributed by atoms with E-state index in [4.69, 9.17) is 18.8 Å². The summed E-state index contributed by atoms with van der Waals surface area (Å²) in [6.45, 7) is 1.50. The number of benzene rings is 2. The van der Waals surface area contributed by atoms with Crippen LogP contribution in [0.3, 0.4) is 0 Å². The Kier molecular flexibility index (Phi) is 5.00. The van der Waals surface area contributed by atoms with Crippen molar-refractivity contribution >= 4 is 7.69 Å². The molecule has 2 saturated carbocycles. The minimum Gasteiger partial charge on any atom is -0.524 e. The molecular formula is C20H22BO4. The summed E-state index contributed by atoms with van der Waals surface area (Å²) in [7, 11) is 1.33. The van der Waals surface area contributed by atoms with E-state index in [1.54, 1.807) is 0 Å². The molecule has 0 unspecified atom stereocenters. The first kappa shape index (κ1) is 16.2. The third kappa shape index (κ3) is 4.85. The van der Waals surface area contributed by atoms with Crippen LogP contribution in [0, 0.1) is 11.8 Å². The SMILES string of the molecule is [B](Oc1ccccc1OCC1CC1)Oc1ccccc1OCC1CC1. The van der Waals surface area contributed by atoms with Crippen molar-refractivity contribution in [2.45, 2.75) is 25.7 Å². The molecule has 0 N–H and O–H groups in total. The van der Waals surface area contributed by atoms with E-state index in [2.05, 4.69) is 0 Å². The first-order valence-electron chi connectivity index (χ1n) is 8.97. The zero-order valence-electron chi connectivity index (χ0n) is 14.2. The van der Waals surface area contributed by atoms with Crippen LogP contribution < -0.4 is 18.8 Å². The highest BCUT2D eigenvalue weighted by molar-refractivity contribution is 6.21. The molecule has 4 nitrogen and oxygen atoms in total. The highest BCUT2D eigenvalue weighted by Crippen LogP contribution is 2.34. The van der Waals surface area contributed by atoms with Gasteiger partial charge >= 0.3 is 7.69 Å². The van der Waals surface area contributed by atoms with Gasteiger partial charge in [0.25, 0.3) is 0 Å². The van der Waals surface area contributed by atoms with Gasteiger partial charge in [-0.05, 0) is 61.8 Å². The molecule has 2 fully saturated rings. The number of ether oxygens (including phenoxy) is 2. The Hall–Kier alpha value is -2.30. The van der Waals surface area contributed by atoms with Crippen molar-refractivity contribution in [1.82, 2.24) is 0 Å². The van der Waals surface area contributed by atoms with Crippen LogP contribution in [0.5, 0.6) is 23.0 Å². The van der Waals surface area contributed by atoms with Gasteiger partial charge < -0.3 is 18.8 Å². The van der Waals surface area contributed by atoms with Gasteiger partial charge in [0.2, 0.25) is 0 Å². The van der Waals surface area contributed by atoms with Gasteiger partial charge in [-0.25, -0.2) is 0 Å². The molecule has 2 aromatic carbocycles. The van der Waals surface area contributed by atoms with Crippen molar-refractivity contribution in [1.29, 1.82) is 0 Å². The average molecular weight is 337 g/mol. The summed E-state index contributed by atoms with van der Waals surface area (Å²) in [6.07, 6.45) is 5.04. The fourth-order valence-electron chi connectivity index (χ4n) is 2.45. The summed E-state index contributed by atoms with van der Waals surface area (Å²) < 4.78 is 23.0. The molecule has 0 spiro atoms. The highest BCUT2D eigenvalue weighted by atomic mass is 16.6. The molecule has 4 rings (SSSR count). The quantitative estimate of drug-likeness (QED) is 0.607. The highest BCUT2D eigenvalue weighted by Gasteiger charge is 2.23. The van der Waals surface area contributed by atoms with Gasteiger partial charge in [-0.15, -0.1) is 0 Å². The van der Waals surface area contributed by atoms with Crippen LogP contribution in [0.25, 0.3) is 0 Å². The molecule has 0 bridgehead atoms. The maximum atomic E-state index is 5.83. The molecule has 0 aromatic heterocycles. The summed E-state index contributed by atoms with van der Waals surface area (Å²) in [5, 5.41) is 0. The first-order valence-corrected chi connectivity index (χ1v) is 8.97. The number of para-hydroxylation sites is 4. The van der Waals surface area contributed by atoms with Gasteiger partial charge in [0, 0.05) is 0 Å². The van der Waals surface area contributed by atoms with E-state index in [9.17, 15) is 0 Å². The predicted octanol–water partition coefficient (Wildman–Crippen LogP) is 4.26. The second kappa shape index (κ2) is 7.73. The topological polar surface area (TPSA) is 36.9 Å². The van der Waals surface area contributed by atoms with Crippen LogP contribution in [0.2, 0.25) is 0 Å². The van der Waals surface area contributed by atoms with E-state index < -0.39 is 0 Å². The Bertz CT molecular complexity index is 638. The molecule has 0 atom stereocenters. The standard InChI is InChI=1S/C20H22BO4/c1-3-7-19(17(5-1)22-13-15-9-10-15)24-21-25-20-8-4-2-6-18(20)23-14-16-11-12-16/h1-8,15-16H,9-14H2. The van der Waals surface area contributed by atoms with Gasteiger partial charge in [-0.2, -0.15) is 0 Å². The molecule has 1 radical (unpaired) electrons. The van der Waals surface area contributed by atoms with Crippen molar-refractivity contribution in [3.63, 3.8) is 0 Å². The summed E-state index contributed by atoms with van der Waals surface area (Å²) in [5.74, 6) is 4.19. The molecule has 0 aliphatic heterocycles. The molecule has 2 aliphatic carbocycles. The smallest absolute Gasteiger partial charge is 0.524 e. The van der Waals surface area contributed by atoms with Crippen LogP contribution in [-0.4, -0.2) is 20.9 Å². The molecule has 2 aromatic rings. The summed E-state index contributed by atoms with van der Waals surface area (Å²) in [6, 6.07) is 15.3. The molecule has 129 valence electrons. The summed E-state index contributed by atoms with van der Waals surface area (Å²) >= 11 is 0. The average Bonchev–Trinajstić information content (AvgIpc) is 3.55. The Morgan fingerprint density at radius 1 is 0.640 bits per heavy atom. The molecule has 0 saturated heterocycles. The van der Waals surface area contributed by atoms with E-state index in [0.29, 0.717) is 23.3 Å². The van der Waals surface area contributed by atoms with E-state index in [1.165, 1.54) is 33.4 Å². The second-order valence-electron chi connectivity index (χ2n) is 6.73. The van der Waals surface area contributed by atoms with Gasteiger partial charge in [-0.1, -0.05) is 24.3 Å². The minimum absolute atomic E-state index is 0.652. The lowest BCUT2D eigenvalue weighted by atomic mass is 10.2. The monoisotopic (exact) mass is 337 g/mol. The van der Waals surface area contributed by atoms with E-state index in [0.717, 1.165) is 24.7 Å². The molecular weight excluding hydrogens is 315 g/mol. The molecule has 0 amide bonds. The molecule has 25 heavy (non-hydrogen) atoms. The summed E-state index contributed by atoms with van der Waals surface area (Å²) in [4.78, 5) is 0.